The minimum Gasteiger partial charge on any atom is -0.342 e. The Hall–Kier alpha value is -3.15. The standard InChI is InChI=1S/C22H23N5O/c1-15-6-4-10-21-25-19(14-27(15)21)22(28)26-11-5-7-16(13-26)12-20-23-17-8-2-3-9-18(17)24-20/h2-4,6,8-10,14,16H,5,7,11-13H2,1H3,(H,23,24). The highest BCUT2D eigenvalue weighted by molar-refractivity contribution is 5.93. The van der Waals surface area contributed by atoms with Crippen molar-refractivity contribution in [2.75, 3.05) is 13.1 Å². The Morgan fingerprint density at radius 3 is 2.93 bits per heavy atom. The average Bonchev–Trinajstić information content (AvgIpc) is 3.32. The number of pyridine rings is 1. The number of carbonyl (C=O) groups excluding carboxylic acids is 1. The van der Waals surface area contributed by atoms with Gasteiger partial charge in [0.2, 0.25) is 0 Å². The molecule has 5 rings (SSSR count). The largest absolute Gasteiger partial charge is 0.342 e. The zero-order valence-electron chi connectivity index (χ0n) is 15.9. The summed E-state index contributed by atoms with van der Waals surface area (Å²) in [7, 11) is 0. The molecule has 1 atom stereocenters. The van der Waals surface area contributed by atoms with Gasteiger partial charge < -0.3 is 14.3 Å². The van der Waals surface area contributed by atoms with E-state index in [9.17, 15) is 4.79 Å². The maximum Gasteiger partial charge on any atom is 0.274 e. The predicted molar refractivity (Wildman–Crippen MR) is 108 cm³/mol. The van der Waals surface area contributed by atoms with Gasteiger partial charge in [0.15, 0.2) is 0 Å². The van der Waals surface area contributed by atoms with Gasteiger partial charge in [-0.15, -0.1) is 0 Å². The smallest absolute Gasteiger partial charge is 0.274 e. The molecular formula is C22H23N5O. The van der Waals surface area contributed by atoms with E-state index in [4.69, 9.17) is 4.98 Å². The van der Waals surface area contributed by atoms with Crippen molar-refractivity contribution in [2.45, 2.75) is 26.2 Å². The summed E-state index contributed by atoms with van der Waals surface area (Å²) in [4.78, 5) is 27.6. The Bertz CT molecular complexity index is 1130. The fourth-order valence-electron chi connectivity index (χ4n) is 4.21. The third kappa shape index (κ3) is 3.05. The van der Waals surface area contributed by atoms with Gasteiger partial charge in [0, 0.05) is 31.4 Å². The first-order valence-electron chi connectivity index (χ1n) is 9.85. The first-order chi connectivity index (χ1) is 13.7. The molecule has 142 valence electrons. The quantitative estimate of drug-likeness (QED) is 0.596. The van der Waals surface area contributed by atoms with Crippen LogP contribution in [0.15, 0.2) is 48.7 Å². The molecule has 6 nitrogen and oxygen atoms in total. The van der Waals surface area contributed by atoms with Gasteiger partial charge in [-0.05, 0) is 49.9 Å². The molecule has 1 aliphatic rings. The van der Waals surface area contributed by atoms with E-state index in [0.29, 0.717) is 11.6 Å². The lowest BCUT2D eigenvalue weighted by atomic mass is 9.94. The molecule has 4 heterocycles. The average molecular weight is 373 g/mol. The number of para-hydroxylation sites is 2. The molecule has 1 amide bonds. The molecule has 1 aliphatic heterocycles. The van der Waals surface area contributed by atoms with Crippen molar-refractivity contribution in [1.82, 2.24) is 24.3 Å². The highest BCUT2D eigenvalue weighted by atomic mass is 16.2. The number of piperidine rings is 1. The Labute approximate surface area is 163 Å². The normalized spacial score (nSPS) is 17.5. The molecule has 0 saturated carbocycles. The minimum absolute atomic E-state index is 0.0254. The summed E-state index contributed by atoms with van der Waals surface area (Å²) in [5, 5.41) is 0. The number of fused-ring (bicyclic) bond motifs is 2. The van der Waals surface area contributed by atoms with Crippen molar-refractivity contribution in [1.29, 1.82) is 0 Å². The Balaban J connectivity index is 1.32. The molecule has 3 aromatic heterocycles. The number of rotatable bonds is 3. The predicted octanol–water partition coefficient (Wildman–Crippen LogP) is 3.61. The number of likely N-dealkylation sites (tertiary alicyclic amines) is 1. The SMILES string of the molecule is Cc1cccc2nc(C(=O)N3CCCC(Cc4nc5ccccc5[nH]4)C3)cn12. The summed E-state index contributed by atoms with van der Waals surface area (Å²) in [5.74, 6) is 1.44. The topological polar surface area (TPSA) is 66.3 Å². The number of aryl methyl sites for hydroxylation is 1. The molecule has 1 N–H and O–H groups in total. The van der Waals surface area contributed by atoms with Crippen molar-refractivity contribution >= 4 is 22.6 Å². The number of carbonyl (C=O) groups is 1. The number of nitrogens with zero attached hydrogens (tertiary/aromatic N) is 4. The summed E-state index contributed by atoms with van der Waals surface area (Å²) in [5.41, 5.74) is 4.49. The second-order valence-corrected chi connectivity index (χ2v) is 7.69. The summed E-state index contributed by atoms with van der Waals surface area (Å²) in [6.45, 7) is 3.57. The van der Waals surface area contributed by atoms with E-state index in [1.807, 2.05) is 64.9 Å². The highest BCUT2D eigenvalue weighted by Gasteiger charge is 2.27. The Morgan fingerprint density at radius 2 is 2.07 bits per heavy atom. The van der Waals surface area contributed by atoms with Crippen LogP contribution < -0.4 is 0 Å². The molecule has 4 aromatic rings. The van der Waals surface area contributed by atoms with E-state index in [-0.39, 0.29) is 5.91 Å². The van der Waals surface area contributed by atoms with Crippen molar-refractivity contribution in [3.05, 3.63) is 65.9 Å². The molecule has 1 fully saturated rings. The number of H-pyrrole nitrogens is 1. The molecule has 1 saturated heterocycles. The second-order valence-electron chi connectivity index (χ2n) is 7.69. The molecule has 0 bridgehead atoms. The number of amides is 1. The molecule has 0 aliphatic carbocycles. The summed E-state index contributed by atoms with van der Waals surface area (Å²) in [6.07, 6.45) is 4.85. The van der Waals surface area contributed by atoms with Gasteiger partial charge in [-0.3, -0.25) is 4.79 Å². The number of benzene rings is 1. The van der Waals surface area contributed by atoms with E-state index >= 15 is 0 Å². The molecule has 1 aromatic carbocycles. The lowest BCUT2D eigenvalue weighted by Gasteiger charge is -2.32. The van der Waals surface area contributed by atoms with Crippen LogP contribution in [0.4, 0.5) is 0 Å². The first-order valence-corrected chi connectivity index (χ1v) is 9.85. The van der Waals surface area contributed by atoms with Crippen LogP contribution in [0.5, 0.6) is 0 Å². The fraction of sp³-hybridized carbons (Fsp3) is 0.318. The van der Waals surface area contributed by atoms with Gasteiger partial charge in [0.1, 0.15) is 17.2 Å². The molecule has 6 heteroatoms. The Kier molecular flexibility index (Phi) is 4.11. The molecule has 1 unspecified atom stereocenters. The number of nitrogens with one attached hydrogen (secondary N) is 1. The van der Waals surface area contributed by atoms with Gasteiger partial charge in [0.05, 0.1) is 11.0 Å². The van der Waals surface area contributed by atoms with Crippen molar-refractivity contribution < 1.29 is 4.79 Å². The summed E-state index contributed by atoms with van der Waals surface area (Å²) in [6, 6.07) is 14.0. The first kappa shape index (κ1) is 17.0. The third-order valence-electron chi connectivity index (χ3n) is 5.64. The zero-order chi connectivity index (χ0) is 19.1. The van der Waals surface area contributed by atoms with Crippen LogP contribution in [0.25, 0.3) is 16.7 Å². The van der Waals surface area contributed by atoms with Crippen molar-refractivity contribution in [3.8, 4) is 0 Å². The summed E-state index contributed by atoms with van der Waals surface area (Å²) >= 11 is 0. The van der Waals surface area contributed by atoms with Crippen LogP contribution in [-0.4, -0.2) is 43.2 Å². The van der Waals surface area contributed by atoms with E-state index in [0.717, 1.165) is 60.6 Å². The van der Waals surface area contributed by atoms with E-state index in [1.54, 1.807) is 0 Å². The number of hydrogen-bond acceptors (Lipinski definition) is 3. The fourth-order valence-corrected chi connectivity index (χ4v) is 4.21. The van der Waals surface area contributed by atoms with Crippen LogP contribution in [0, 0.1) is 12.8 Å². The van der Waals surface area contributed by atoms with Gasteiger partial charge in [-0.25, -0.2) is 9.97 Å². The third-order valence-corrected chi connectivity index (χ3v) is 5.64. The highest BCUT2D eigenvalue weighted by Crippen LogP contribution is 2.23. The number of aromatic nitrogens is 4. The Morgan fingerprint density at radius 1 is 1.18 bits per heavy atom. The molecule has 0 radical (unpaired) electrons. The lowest BCUT2D eigenvalue weighted by molar-refractivity contribution is 0.0667. The maximum atomic E-state index is 13.0. The zero-order valence-corrected chi connectivity index (χ0v) is 15.9. The van der Waals surface area contributed by atoms with Gasteiger partial charge in [-0.2, -0.15) is 0 Å². The van der Waals surface area contributed by atoms with Gasteiger partial charge in [-0.1, -0.05) is 18.2 Å². The van der Waals surface area contributed by atoms with Gasteiger partial charge >= 0.3 is 0 Å². The van der Waals surface area contributed by atoms with Crippen LogP contribution in [0.2, 0.25) is 0 Å². The molecular weight excluding hydrogens is 350 g/mol. The molecule has 0 spiro atoms. The van der Waals surface area contributed by atoms with Crippen LogP contribution in [-0.2, 0) is 6.42 Å². The summed E-state index contributed by atoms with van der Waals surface area (Å²) < 4.78 is 1.98. The van der Waals surface area contributed by atoms with Crippen LogP contribution in [0.3, 0.4) is 0 Å². The van der Waals surface area contributed by atoms with Crippen molar-refractivity contribution in [2.24, 2.45) is 5.92 Å². The van der Waals surface area contributed by atoms with E-state index < -0.39 is 0 Å². The maximum absolute atomic E-state index is 13.0. The minimum atomic E-state index is 0.0254. The number of imidazole rings is 2. The lowest BCUT2D eigenvalue weighted by Crippen LogP contribution is -2.40. The second kappa shape index (κ2) is 6.78. The van der Waals surface area contributed by atoms with Crippen molar-refractivity contribution in [3.63, 3.8) is 0 Å². The van der Waals surface area contributed by atoms with Crippen LogP contribution in [0.1, 0.15) is 34.8 Å². The van der Waals surface area contributed by atoms with Gasteiger partial charge in [0.25, 0.3) is 5.91 Å². The monoisotopic (exact) mass is 373 g/mol. The number of aromatic amines is 1. The molecule has 28 heavy (non-hydrogen) atoms. The van der Waals surface area contributed by atoms with Crippen LogP contribution >= 0.6 is 0 Å². The number of hydrogen-bond donors (Lipinski definition) is 1. The van der Waals surface area contributed by atoms with E-state index in [1.165, 1.54) is 0 Å². The van der Waals surface area contributed by atoms with E-state index in [2.05, 4.69) is 9.97 Å².